The number of carbonyl (C=O) groups excluding carboxylic acids is 1. The first kappa shape index (κ1) is 17.1. The zero-order valence-corrected chi connectivity index (χ0v) is 13.2. The van der Waals surface area contributed by atoms with Gasteiger partial charge in [-0.15, -0.1) is 0 Å². The third-order valence-electron chi connectivity index (χ3n) is 2.60. The van der Waals surface area contributed by atoms with Crippen molar-refractivity contribution in [1.82, 2.24) is 4.72 Å². The second kappa shape index (κ2) is 6.70. The minimum Gasteiger partial charge on any atom is -0.444 e. The highest BCUT2D eigenvalue weighted by Crippen LogP contribution is 2.17. The van der Waals surface area contributed by atoms with Gasteiger partial charge >= 0.3 is 5.97 Å². The van der Waals surface area contributed by atoms with Gasteiger partial charge in [-0.05, 0) is 45.4 Å². The van der Waals surface area contributed by atoms with E-state index in [4.69, 9.17) is 10.00 Å². The van der Waals surface area contributed by atoms with Crippen LogP contribution in [0.3, 0.4) is 0 Å². The molecule has 0 saturated carbocycles. The first-order valence-corrected chi connectivity index (χ1v) is 7.89. The number of hydrogen-bond acceptors (Lipinski definition) is 5. The van der Waals surface area contributed by atoms with Crippen LogP contribution in [0.2, 0.25) is 0 Å². The number of aryl methyl sites for hydroxylation is 1. The van der Waals surface area contributed by atoms with Gasteiger partial charge in [0.05, 0.1) is 10.5 Å². The van der Waals surface area contributed by atoms with Crippen LogP contribution in [-0.4, -0.2) is 26.5 Å². The molecular weight excluding hydrogens is 292 g/mol. The molecule has 1 unspecified atom stereocenters. The first-order valence-electron chi connectivity index (χ1n) is 6.41. The molecule has 0 bridgehead atoms. The SMILES string of the molecule is Cc1ccc(S(=O)(=O)NC(C)C)cc1C(=O)OC(C)C#N. The van der Waals surface area contributed by atoms with Crippen molar-refractivity contribution in [3.05, 3.63) is 29.3 Å². The van der Waals surface area contributed by atoms with Crippen LogP contribution in [0, 0.1) is 18.3 Å². The molecule has 0 radical (unpaired) electrons. The van der Waals surface area contributed by atoms with Crippen LogP contribution in [0.15, 0.2) is 23.1 Å². The molecule has 114 valence electrons. The molecule has 21 heavy (non-hydrogen) atoms. The molecule has 7 heteroatoms. The fraction of sp³-hybridized carbons (Fsp3) is 0.429. The van der Waals surface area contributed by atoms with Crippen LogP contribution in [0.25, 0.3) is 0 Å². The van der Waals surface area contributed by atoms with E-state index in [1.807, 2.05) is 0 Å². The summed E-state index contributed by atoms with van der Waals surface area (Å²) in [4.78, 5) is 11.9. The Balaban J connectivity index is 3.17. The molecule has 1 aromatic rings. The Hall–Kier alpha value is -1.91. The summed E-state index contributed by atoms with van der Waals surface area (Å²) in [6.07, 6.45) is -0.897. The number of nitrogens with zero attached hydrogens (tertiary/aromatic N) is 1. The summed E-state index contributed by atoms with van der Waals surface area (Å²) in [6, 6.07) is 5.73. The number of carbonyl (C=O) groups is 1. The van der Waals surface area contributed by atoms with E-state index in [1.54, 1.807) is 26.8 Å². The van der Waals surface area contributed by atoms with Crippen LogP contribution in [0.5, 0.6) is 0 Å². The Labute approximate surface area is 124 Å². The predicted molar refractivity (Wildman–Crippen MR) is 77.1 cm³/mol. The highest BCUT2D eigenvalue weighted by Gasteiger charge is 2.20. The van der Waals surface area contributed by atoms with E-state index in [1.165, 1.54) is 25.1 Å². The summed E-state index contributed by atoms with van der Waals surface area (Å²) in [5.74, 6) is -0.719. The lowest BCUT2D eigenvalue weighted by Gasteiger charge is -2.12. The van der Waals surface area contributed by atoms with Crippen molar-refractivity contribution in [2.24, 2.45) is 0 Å². The molecule has 0 heterocycles. The summed E-state index contributed by atoms with van der Waals surface area (Å²) in [5, 5.41) is 8.65. The van der Waals surface area contributed by atoms with Gasteiger partial charge in [-0.1, -0.05) is 6.07 Å². The zero-order valence-electron chi connectivity index (χ0n) is 12.4. The van der Waals surface area contributed by atoms with Gasteiger partial charge in [0, 0.05) is 6.04 Å². The molecule has 0 saturated heterocycles. The highest BCUT2D eigenvalue weighted by atomic mass is 32.2. The quantitative estimate of drug-likeness (QED) is 0.836. The minimum absolute atomic E-state index is 0.0154. The van der Waals surface area contributed by atoms with E-state index in [0.717, 1.165) is 0 Å². The Bertz CT molecular complexity index is 675. The third-order valence-corrected chi connectivity index (χ3v) is 4.25. The summed E-state index contributed by atoms with van der Waals surface area (Å²) < 4.78 is 31.5. The maximum absolute atomic E-state index is 12.1. The zero-order chi connectivity index (χ0) is 16.2. The lowest BCUT2D eigenvalue weighted by atomic mass is 10.1. The molecule has 1 aromatic carbocycles. The molecule has 0 spiro atoms. The minimum atomic E-state index is -3.69. The molecule has 1 N–H and O–H groups in total. The van der Waals surface area contributed by atoms with E-state index < -0.39 is 22.1 Å². The summed E-state index contributed by atoms with van der Waals surface area (Å²) in [7, 11) is -3.69. The van der Waals surface area contributed by atoms with Crippen molar-refractivity contribution < 1.29 is 17.9 Å². The Morgan fingerprint density at radius 2 is 1.95 bits per heavy atom. The molecule has 0 aromatic heterocycles. The van der Waals surface area contributed by atoms with Gasteiger partial charge in [0.15, 0.2) is 6.10 Å². The fourth-order valence-corrected chi connectivity index (χ4v) is 2.89. The third kappa shape index (κ3) is 4.55. The van der Waals surface area contributed by atoms with Crippen molar-refractivity contribution in [2.75, 3.05) is 0 Å². The monoisotopic (exact) mass is 310 g/mol. The summed E-state index contributed by atoms with van der Waals surface area (Å²) in [6.45, 7) is 6.51. The van der Waals surface area contributed by atoms with E-state index >= 15 is 0 Å². The number of hydrogen-bond donors (Lipinski definition) is 1. The highest BCUT2D eigenvalue weighted by molar-refractivity contribution is 7.89. The Kier molecular flexibility index (Phi) is 5.47. The van der Waals surface area contributed by atoms with Crippen molar-refractivity contribution in [1.29, 1.82) is 5.26 Å². The number of benzene rings is 1. The van der Waals surface area contributed by atoms with Crippen LogP contribution in [-0.2, 0) is 14.8 Å². The number of rotatable bonds is 5. The second-order valence-corrected chi connectivity index (χ2v) is 6.64. The van der Waals surface area contributed by atoms with Gasteiger partial charge in [0.25, 0.3) is 0 Å². The second-order valence-electron chi connectivity index (χ2n) is 4.93. The molecule has 0 aliphatic heterocycles. The molecule has 0 amide bonds. The molecule has 1 rings (SSSR count). The van der Waals surface area contributed by atoms with Crippen molar-refractivity contribution in [3.63, 3.8) is 0 Å². The van der Waals surface area contributed by atoms with Crippen molar-refractivity contribution >= 4 is 16.0 Å². The van der Waals surface area contributed by atoms with E-state index in [0.29, 0.717) is 5.56 Å². The fourth-order valence-electron chi connectivity index (χ4n) is 1.62. The van der Waals surface area contributed by atoms with Crippen LogP contribution in [0.1, 0.15) is 36.7 Å². The molecule has 0 aliphatic rings. The van der Waals surface area contributed by atoms with Gasteiger partial charge < -0.3 is 4.74 Å². The number of nitriles is 1. The molecule has 0 fully saturated rings. The summed E-state index contributed by atoms with van der Waals surface area (Å²) in [5.41, 5.74) is 0.706. The van der Waals surface area contributed by atoms with Crippen LogP contribution in [0.4, 0.5) is 0 Å². The smallest absolute Gasteiger partial charge is 0.339 e. The lowest BCUT2D eigenvalue weighted by Crippen LogP contribution is -2.30. The molecule has 1 atom stereocenters. The number of sulfonamides is 1. The summed E-state index contributed by atoms with van der Waals surface area (Å²) >= 11 is 0. The van der Waals surface area contributed by atoms with Gasteiger partial charge in [0.2, 0.25) is 10.0 Å². The molecule has 6 nitrogen and oxygen atoms in total. The normalized spacial score (nSPS) is 12.8. The van der Waals surface area contributed by atoms with Gasteiger partial charge in [-0.25, -0.2) is 17.9 Å². The van der Waals surface area contributed by atoms with Crippen molar-refractivity contribution in [2.45, 2.75) is 44.7 Å². The Morgan fingerprint density at radius 3 is 2.48 bits per heavy atom. The maximum atomic E-state index is 12.1. The largest absolute Gasteiger partial charge is 0.444 e. The molecule has 0 aliphatic carbocycles. The van der Waals surface area contributed by atoms with Gasteiger partial charge in [-0.3, -0.25) is 0 Å². The standard InChI is InChI=1S/C14H18N2O4S/c1-9(2)16-21(18,19)12-6-5-10(3)13(7-12)14(17)20-11(4)8-15/h5-7,9,11,16H,1-4H3. The van der Waals surface area contributed by atoms with E-state index in [-0.39, 0.29) is 16.5 Å². The maximum Gasteiger partial charge on any atom is 0.339 e. The number of nitrogens with one attached hydrogen (secondary N) is 1. The first-order chi connectivity index (χ1) is 9.67. The number of esters is 1. The predicted octanol–water partition coefficient (Wildman–Crippen LogP) is 1.75. The van der Waals surface area contributed by atoms with Crippen LogP contribution >= 0.6 is 0 Å². The van der Waals surface area contributed by atoms with Crippen molar-refractivity contribution in [3.8, 4) is 6.07 Å². The lowest BCUT2D eigenvalue weighted by molar-refractivity contribution is 0.0434. The molecular formula is C14H18N2O4S. The van der Waals surface area contributed by atoms with Gasteiger partial charge in [0.1, 0.15) is 6.07 Å². The van der Waals surface area contributed by atoms with Crippen LogP contribution < -0.4 is 4.72 Å². The Morgan fingerprint density at radius 1 is 1.33 bits per heavy atom. The topological polar surface area (TPSA) is 96.3 Å². The van der Waals surface area contributed by atoms with E-state index in [9.17, 15) is 13.2 Å². The van der Waals surface area contributed by atoms with Gasteiger partial charge in [-0.2, -0.15) is 5.26 Å². The average Bonchev–Trinajstić information content (AvgIpc) is 2.37. The number of ether oxygens (including phenoxy) is 1. The average molecular weight is 310 g/mol. The van der Waals surface area contributed by atoms with E-state index in [2.05, 4.69) is 4.72 Å².